The van der Waals surface area contributed by atoms with Crippen LogP contribution in [-0.4, -0.2) is 21.6 Å². The molecule has 0 unspecified atom stereocenters. The van der Waals surface area contributed by atoms with E-state index in [1.165, 1.54) is 11.8 Å². The number of nitrogens with one attached hydrogen (secondary N) is 1. The molecule has 1 aromatic carbocycles. The van der Waals surface area contributed by atoms with E-state index in [-0.39, 0.29) is 11.7 Å². The summed E-state index contributed by atoms with van der Waals surface area (Å²) in [5, 5.41) is 13.4. The van der Waals surface area contributed by atoms with E-state index in [1.807, 2.05) is 18.2 Å². The number of hydrogen-bond donors (Lipinski definition) is 1. The van der Waals surface area contributed by atoms with E-state index >= 15 is 0 Å². The summed E-state index contributed by atoms with van der Waals surface area (Å²) in [6.07, 6.45) is 1.67. The van der Waals surface area contributed by atoms with Crippen LogP contribution in [0.3, 0.4) is 0 Å². The Morgan fingerprint density at radius 2 is 1.89 bits per heavy atom. The first-order chi connectivity index (χ1) is 13.0. The molecule has 5 nitrogen and oxygen atoms in total. The highest BCUT2D eigenvalue weighted by atomic mass is 35.5. The van der Waals surface area contributed by atoms with E-state index in [2.05, 4.69) is 21.4 Å². The first kappa shape index (κ1) is 19.2. The standard InChI is InChI=1S/C19H12Cl2N4OS/c20-13-7-14(21)9-15(8-13)24-18(26)11-27-19-12(10-22)4-5-17(25-19)16-3-1-2-6-23-16/h1-9H,11H2,(H,24,26). The van der Waals surface area contributed by atoms with Crippen molar-refractivity contribution in [3.05, 3.63) is 70.3 Å². The Morgan fingerprint density at radius 3 is 2.56 bits per heavy atom. The maximum Gasteiger partial charge on any atom is 0.234 e. The van der Waals surface area contributed by atoms with Gasteiger partial charge in [0, 0.05) is 21.9 Å². The molecule has 0 fully saturated rings. The second-order valence-corrected chi connectivity index (χ2v) is 7.21. The maximum absolute atomic E-state index is 12.2. The molecule has 134 valence electrons. The molecule has 0 aliphatic heterocycles. The van der Waals surface area contributed by atoms with Gasteiger partial charge >= 0.3 is 0 Å². The minimum atomic E-state index is -0.257. The molecule has 0 saturated carbocycles. The average Bonchev–Trinajstić information content (AvgIpc) is 2.66. The summed E-state index contributed by atoms with van der Waals surface area (Å²) in [5.41, 5.74) is 2.24. The maximum atomic E-state index is 12.2. The molecule has 0 atom stereocenters. The van der Waals surface area contributed by atoms with Gasteiger partial charge in [0.25, 0.3) is 0 Å². The van der Waals surface area contributed by atoms with Gasteiger partial charge in [-0.2, -0.15) is 5.26 Å². The van der Waals surface area contributed by atoms with E-state index < -0.39 is 0 Å². The number of thioether (sulfide) groups is 1. The number of halogens is 2. The Balaban J connectivity index is 1.73. The second kappa shape index (κ2) is 8.87. The third-order valence-electron chi connectivity index (χ3n) is 3.39. The SMILES string of the molecule is N#Cc1ccc(-c2ccccn2)nc1SCC(=O)Nc1cc(Cl)cc(Cl)c1. The molecule has 2 aromatic heterocycles. The highest BCUT2D eigenvalue weighted by molar-refractivity contribution is 8.00. The van der Waals surface area contributed by atoms with Gasteiger partial charge in [0.15, 0.2) is 0 Å². The van der Waals surface area contributed by atoms with Crippen molar-refractivity contribution in [3.63, 3.8) is 0 Å². The minimum absolute atomic E-state index is 0.0808. The fraction of sp³-hybridized carbons (Fsp3) is 0.0526. The number of carbonyl (C=O) groups excluding carboxylic acids is 1. The van der Waals surface area contributed by atoms with Crippen molar-refractivity contribution in [1.29, 1.82) is 5.26 Å². The van der Waals surface area contributed by atoms with Crippen LogP contribution in [0.1, 0.15) is 5.56 Å². The molecule has 1 amide bonds. The van der Waals surface area contributed by atoms with E-state index in [1.54, 1.807) is 36.5 Å². The summed E-state index contributed by atoms with van der Waals surface area (Å²) < 4.78 is 0. The molecule has 0 bridgehead atoms. The number of carbonyl (C=O) groups is 1. The number of nitrogens with zero attached hydrogens (tertiary/aromatic N) is 3. The zero-order valence-corrected chi connectivity index (χ0v) is 16.1. The third kappa shape index (κ3) is 5.20. The Labute approximate surface area is 170 Å². The van der Waals surface area contributed by atoms with Crippen LogP contribution in [0, 0.1) is 11.3 Å². The fourth-order valence-corrected chi connectivity index (χ4v) is 3.55. The van der Waals surface area contributed by atoms with Gasteiger partial charge in [-0.15, -0.1) is 0 Å². The minimum Gasteiger partial charge on any atom is -0.325 e. The number of pyridine rings is 2. The van der Waals surface area contributed by atoms with Crippen LogP contribution >= 0.6 is 35.0 Å². The van der Waals surface area contributed by atoms with Gasteiger partial charge in [0.05, 0.1) is 22.7 Å². The molecule has 0 saturated heterocycles. The molecule has 0 aliphatic rings. The number of hydrogen-bond acceptors (Lipinski definition) is 5. The van der Waals surface area contributed by atoms with Gasteiger partial charge in [-0.3, -0.25) is 9.78 Å². The zero-order valence-electron chi connectivity index (χ0n) is 13.8. The van der Waals surface area contributed by atoms with E-state index in [4.69, 9.17) is 23.2 Å². The van der Waals surface area contributed by atoms with Gasteiger partial charge in [-0.05, 0) is 42.5 Å². The molecule has 3 rings (SSSR count). The monoisotopic (exact) mass is 414 g/mol. The zero-order chi connectivity index (χ0) is 19.2. The second-order valence-electron chi connectivity index (χ2n) is 5.37. The lowest BCUT2D eigenvalue weighted by Crippen LogP contribution is -2.14. The molecule has 0 spiro atoms. The Bertz CT molecular complexity index is 1000. The number of rotatable bonds is 5. The van der Waals surface area contributed by atoms with Crippen LogP contribution in [0.25, 0.3) is 11.4 Å². The molecule has 0 radical (unpaired) electrons. The number of amides is 1. The smallest absolute Gasteiger partial charge is 0.234 e. The molecular formula is C19H12Cl2N4OS. The van der Waals surface area contributed by atoms with Crippen LogP contribution < -0.4 is 5.32 Å². The fourth-order valence-electron chi connectivity index (χ4n) is 2.25. The Hall–Kier alpha value is -2.59. The lowest BCUT2D eigenvalue weighted by molar-refractivity contribution is -0.113. The highest BCUT2D eigenvalue weighted by Crippen LogP contribution is 2.26. The molecule has 3 aromatic rings. The number of aromatic nitrogens is 2. The normalized spacial score (nSPS) is 10.3. The van der Waals surface area contributed by atoms with Gasteiger partial charge in [-0.25, -0.2) is 4.98 Å². The van der Waals surface area contributed by atoms with Crippen molar-refractivity contribution in [3.8, 4) is 17.5 Å². The summed E-state index contributed by atoms with van der Waals surface area (Å²) >= 11 is 13.0. The largest absolute Gasteiger partial charge is 0.325 e. The Morgan fingerprint density at radius 1 is 1.11 bits per heavy atom. The quantitative estimate of drug-likeness (QED) is 0.590. The molecule has 2 heterocycles. The third-order valence-corrected chi connectivity index (χ3v) is 4.82. The summed E-state index contributed by atoms with van der Waals surface area (Å²) in [6.45, 7) is 0. The van der Waals surface area contributed by atoms with Gasteiger partial charge < -0.3 is 5.32 Å². The topological polar surface area (TPSA) is 78.7 Å². The lowest BCUT2D eigenvalue weighted by Gasteiger charge is -2.08. The van der Waals surface area contributed by atoms with Crippen molar-refractivity contribution >= 4 is 46.6 Å². The van der Waals surface area contributed by atoms with Crippen LogP contribution in [0.2, 0.25) is 10.0 Å². The van der Waals surface area contributed by atoms with Crippen molar-refractivity contribution in [2.75, 3.05) is 11.1 Å². The van der Waals surface area contributed by atoms with Crippen LogP contribution in [0.15, 0.2) is 59.8 Å². The van der Waals surface area contributed by atoms with Crippen molar-refractivity contribution < 1.29 is 4.79 Å². The average molecular weight is 415 g/mol. The summed E-state index contributed by atoms with van der Waals surface area (Å²) in [7, 11) is 0. The predicted molar refractivity (Wildman–Crippen MR) is 108 cm³/mol. The van der Waals surface area contributed by atoms with E-state index in [0.29, 0.717) is 37.7 Å². The van der Waals surface area contributed by atoms with Crippen LogP contribution in [0.4, 0.5) is 5.69 Å². The summed E-state index contributed by atoms with van der Waals surface area (Å²) in [4.78, 5) is 21.0. The summed E-state index contributed by atoms with van der Waals surface area (Å²) in [5.74, 6) is -0.176. The van der Waals surface area contributed by atoms with Crippen LogP contribution in [0.5, 0.6) is 0 Å². The van der Waals surface area contributed by atoms with Crippen molar-refractivity contribution in [2.24, 2.45) is 0 Å². The van der Waals surface area contributed by atoms with Crippen molar-refractivity contribution in [1.82, 2.24) is 9.97 Å². The molecule has 1 N–H and O–H groups in total. The van der Waals surface area contributed by atoms with Gasteiger partial charge in [-0.1, -0.05) is 41.0 Å². The summed E-state index contributed by atoms with van der Waals surface area (Å²) in [6, 6.07) is 15.8. The number of nitriles is 1. The first-order valence-electron chi connectivity index (χ1n) is 7.76. The molecule has 27 heavy (non-hydrogen) atoms. The molecule has 8 heteroatoms. The predicted octanol–water partition coefficient (Wildman–Crippen LogP) is 5.05. The van der Waals surface area contributed by atoms with Gasteiger partial charge in [0.2, 0.25) is 5.91 Å². The Kier molecular flexibility index (Phi) is 6.30. The highest BCUT2D eigenvalue weighted by Gasteiger charge is 2.11. The lowest BCUT2D eigenvalue weighted by atomic mass is 10.2. The van der Waals surface area contributed by atoms with E-state index in [0.717, 1.165) is 0 Å². The number of benzene rings is 1. The first-order valence-corrected chi connectivity index (χ1v) is 9.50. The van der Waals surface area contributed by atoms with E-state index in [9.17, 15) is 10.1 Å². The molecule has 0 aliphatic carbocycles. The van der Waals surface area contributed by atoms with Gasteiger partial charge in [0.1, 0.15) is 11.1 Å². The van der Waals surface area contributed by atoms with Crippen molar-refractivity contribution in [2.45, 2.75) is 5.03 Å². The number of anilines is 1. The van der Waals surface area contributed by atoms with Crippen LogP contribution in [-0.2, 0) is 4.79 Å². The molecular weight excluding hydrogens is 403 g/mol.